The van der Waals surface area contributed by atoms with Gasteiger partial charge in [-0.05, 0) is 0 Å². The number of hydrogen-bond donors (Lipinski definition) is 0. The highest BCUT2D eigenvalue weighted by atomic mass is 35.6. The van der Waals surface area contributed by atoms with Crippen LogP contribution in [0.4, 0.5) is 4.79 Å². The van der Waals surface area contributed by atoms with Crippen LogP contribution in [0.25, 0.3) is 0 Å². The van der Waals surface area contributed by atoms with Crippen molar-refractivity contribution in [2.24, 2.45) is 5.16 Å². The summed E-state index contributed by atoms with van der Waals surface area (Å²) in [5.41, 5.74) is -1.58. The molecule has 0 aromatic carbocycles. The van der Waals surface area contributed by atoms with Crippen LogP contribution < -0.4 is 0 Å². The van der Waals surface area contributed by atoms with Gasteiger partial charge in [-0.2, -0.15) is 5.26 Å². The van der Waals surface area contributed by atoms with Gasteiger partial charge in [-0.15, -0.1) is 0 Å². The van der Waals surface area contributed by atoms with E-state index in [-0.39, 0.29) is 17.2 Å². The van der Waals surface area contributed by atoms with E-state index in [1.807, 2.05) is 6.07 Å². The molecule has 0 bridgehead atoms. The molecule has 0 aromatic rings. The first kappa shape index (κ1) is 22.4. The molecule has 0 aromatic heterocycles. The fourth-order valence-electron chi connectivity index (χ4n) is 0.917. The standard InChI is InChI=1S/C10H13Cl3N4O4S2/c1-9(2,17(19)20)7(22-6-4-5-14)15-21-8(18)16(3)23-10(11,12)13/h4,6H2,1-3H3/b15-7-. The first-order chi connectivity index (χ1) is 10.4. The number of thioether (sulfide) groups is 1. The third-order valence-corrected chi connectivity index (χ3v) is 4.64. The second-order valence-electron chi connectivity index (χ2n) is 4.36. The van der Waals surface area contributed by atoms with E-state index < -0.39 is 19.7 Å². The Kier molecular flexibility index (Phi) is 9.39. The Morgan fingerprint density at radius 2 is 2.04 bits per heavy atom. The summed E-state index contributed by atoms with van der Waals surface area (Å²) in [7, 11) is 1.28. The number of hydrogen-bond acceptors (Lipinski definition) is 8. The maximum Gasteiger partial charge on any atom is 0.445 e. The van der Waals surface area contributed by atoms with E-state index in [0.29, 0.717) is 11.9 Å². The highest BCUT2D eigenvalue weighted by molar-refractivity contribution is 8.14. The number of halogens is 3. The van der Waals surface area contributed by atoms with Gasteiger partial charge in [-0.25, -0.2) is 9.10 Å². The first-order valence-electron chi connectivity index (χ1n) is 5.85. The van der Waals surface area contributed by atoms with Crippen molar-refractivity contribution >= 4 is 69.6 Å². The second kappa shape index (κ2) is 9.64. The monoisotopic (exact) mass is 422 g/mol. The summed E-state index contributed by atoms with van der Waals surface area (Å²) >= 11 is 18.1. The van der Waals surface area contributed by atoms with E-state index in [4.69, 9.17) is 40.1 Å². The molecular formula is C10H13Cl3N4O4S2. The molecule has 130 valence electrons. The summed E-state index contributed by atoms with van der Waals surface area (Å²) in [6.07, 6.45) is -0.812. The van der Waals surface area contributed by atoms with Crippen LogP contribution in [0.15, 0.2) is 5.16 Å². The molecule has 0 fully saturated rings. The molecule has 0 aliphatic rings. The highest BCUT2D eigenvalue weighted by Crippen LogP contribution is 2.40. The van der Waals surface area contributed by atoms with Gasteiger partial charge in [0.2, 0.25) is 0 Å². The number of oxime groups is 1. The summed E-state index contributed by atoms with van der Waals surface area (Å²) in [6.45, 7) is 2.61. The fourth-order valence-corrected chi connectivity index (χ4v) is 3.17. The molecule has 13 heteroatoms. The Morgan fingerprint density at radius 1 is 1.48 bits per heavy atom. The predicted molar refractivity (Wildman–Crippen MR) is 93.3 cm³/mol. The van der Waals surface area contributed by atoms with Crippen molar-refractivity contribution in [1.82, 2.24) is 4.31 Å². The van der Waals surface area contributed by atoms with Crippen LogP contribution in [-0.4, -0.2) is 41.8 Å². The van der Waals surface area contributed by atoms with Crippen molar-refractivity contribution in [2.75, 3.05) is 12.8 Å². The molecule has 0 spiro atoms. The van der Waals surface area contributed by atoms with Gasteiger partial charge >= 0.3 is 6.09 Å². The quantitative estimate of drug-likeness (QED) is 0.0926. The molecule has 0 heterocycles. The molecule has 0 N–H and O–H groups in total. The lowest BCUT2D eigenvalue weighted by Crippen LogP contribution is -2.39. The van der Waals surface area contributed by atoms with E-state index in [1.165, 1.54) is 20.9 Å². The van der Waals surface area contributed by atoms with Crippen molar-refractivity contribution in [3.8, 4) is 6.07 Å². The topological polar surface area (TPSA) is 109 Å². The van der Waals surface area contributed by atoms with Crippen molar-refractivity contribution < 1.29 is 14.6 Å². The molecule has 0 aliphatic heterocycles. The van der Waals surface area contributed by atoms with Crippen LogP contribution >= 0.6 is 58.5 Å². The average molecular weight is 424 g/mol. The zero-order chi connectivity index (χ0) is 18.3. The van der Waals surface area contributed by atoms with E-state index >= 15 is 0 Å². The van der Waals surface area contributed by atoms with Gasteiger partial charge in [0.15, 0.2) is 5.04 Å². The maximum atomic E-state index is 11.7. The average Bonchev–Trinajstić information content (AvgIpc) is 2.39. The summed E-state index contributed by atoms with van der Waals surface area (Å²) in [4.78, 5) is 26.9. The van der Waals surface area contributed by atoms with Gasteiger partial charge in [0.1, 0.15) is 0 Å². The maximum absolute atomic E-state index is 11.7. The molecule has 23 heavy (non-hydrogen) atoms. The molecule has 0 rings (SSSR count). The number of amides is 1. The minimum Gasteiger partial charge on any atom is -0.296 e. The number of nitro groups is 1. The Bertz CT molecular complexity index is 519. The Labute approximate surface area is 156 Å². The van der Waals surface area contributed by atoms with E-state index in [9.17, 15) is 14.9 Å². The molecule has 8 nitrogen and oxygen atoms in total. The number of nitriles is 1. The Hall–Kier alpha value is -0.600. The number of rotatable bonds is 6. The van der Waals surface area contributed by atoms with Crippen molar-refractivity contribution in [3.63, 3.8) is 0 Å². The minimum atomic E-state index is -1.78. The number of nitrogens with zero attached hydrogens (tertiary/aromatic N) is 4. The Balaban J connectivity index is 5.04. The molecule has 0 saturated heterocycles. The summed E-state index contributed by atoms with van der Waals surface area (Å²) in [6, 6.07) is 1.90. The molecule has 0 radical (unpaired) electrons. The second-order valence-corrected chi connectivity index (χ2v) is 9.74. The molecule has 0 unspecified atom stereocenters. The van der Waals surface area contributed by atoms with E-state index in [1.54, 1.807) is 0 Å². The van der Waals surface area contributed by atoms with Gasteiger partial charge in [-0.3, -0.25) is 15.0 Å². The van der Waals surface area contributed by atoms with Crippen LogP contribution in [0.5, 0.6) is 0 Å². The SMILES string of the molecule is CN(SC(Cl)(Cl)Cl)C(=O)O/N=C(\SCCC#N)C(C)(C)[N+](=O)[O-]. The smallest absolute Gasteiger partial charge is 0.296 e. The minimum absolute atomic E-state index is 0.0571. The van der Waals surface area contributed by atoms with Crippen LogP contribution in [0.3, 0.4) is 0 Å². The number of alkyl halides is 3. The van der Waals surface area contributed by atoms with Crippen molar-refractivity contribution in [2.45, 2.75) is 28.9 Å². The molecule has 0 aliphatic carbocycles. The largest absolute Gasteiger partial charge is 0.445 e. The van der Waals surface area contributed by atoms with E-state index in [2.05, 4.69) is 9.99 Å². The third-order valence-electron chi connectivity index (χ3n) is 2.14. The lowest BCUT2D eigenvalue weighted by Gasteiger charge is -2.19. The van der Waals surface area contributed by atoms with Gasteiger partial charge < -0.3 is 0 Å². The molecule has 0 saturated carbocycles. The fraction of sp³-hybridized carbons (Fsp3) is 0.700. The van der Waals surface area contributed by atoms with Gasteiger partial charge in [0.25, 0.3) is 8.66 Å². The van der Waals surface area contributed by atoms with Gasteiger partial charge in [-0.1, -0.05) is 51.7 Å². The summed E-state index contributed by atoms with van der Waals surface area (Å²) < 4.78 is -0.894. The molecule has 0 atom stereocenters. The first-order valence-corrected chi connectivity index (χ1v) is 8.74. The van der Waals surface area contributed by atoms with Crippen LogP contribution in [0.1, 0.15) is 20.3 Å². The summed E-state index contributed by atoms with van der Waals surface area (Å²) in [5, 5.41) is 23.1. The zero-order valence-corrected chi connectivity index (χ0v) is 16.2. The third kappa shape index (κ3) is 8.72. The zero-order valence-electron chi connectivity index (χ0n) is 12.3. The lowest BCUT2D eigenvalue weighted by atomic mass is 10.1. The van der Waals surface area contributed by atoms with Crippen LogP contribution in [0, 0.1) is 21.4 Å². The van der Waals surface area contributed by atoms with Crippen LogP contribution in [-0.2, 0) is 4.84 Å². The lowest BCUT2D eigenvalue weighted by molar-refractivity contribution is -0.537. The van der Waals surface area contributed by atoms with Crippen LogP contribution in [0.2, 0.25) is 0 Å². The van der Waals surface area contributed by atoms with Crippen molar-refractivity contribution in [1.29, 1.82) is 5.26 Å². The van der Waals surface area contributed by atoms with Gasteiger partial charge in [0.05, 0.1) is 6.07 Å². The summed E-state index contributed by atoms with van der Waals surface area (Å²) in [5.74, 6) is 0.267. The Morgan fingerprint density at radius 3 is 2.48 bits per heavy atom. The molecule has 1 amide bonds. The number of carbonyl (C=O) groups excluding carboxylic acids is 1. The number of carbonyl (C=O) groups is 1. The highest BCUT2D eigenvalue weighted by Gasteiger charge is 2.39. The molecular weight excluding hydrogens is 411 g/mol. The normalized spacial score (nSPS) is 12.5. The van der Waals surface area contributed by atoms with E-state index in [0.717, 1.165) is 16.1 Å². The van der Waals surface area contributed by atoms with Crippen molar-refractivity contribution in [3.05, 3.63) is 10.1 Å². The van der Waals surface area contributed by atoms with Gasteiger partial charge in [0, 0.05) is 49.9 Å². The predicted octanol–water partition coefficient (Wildman–Crippen LogP) is 4.05.